The Hall–Kier alpha value is -2.10. The average Bonchev–Trinajstić information content (AvgIpc) is 3.33. The van der Waals surface area contributed by atoms with Gasteiger partial charge in [-0.05, 0) is 37.3 Å². The van der Waals surface area contributed by atoms with Crippen molar-refractivity contribution in [2.45, 2.75) is 64.5 Å². The second-order valence-corrected chi connectivity index (χ2v) is 8.49. The fraction of sp³-hybridized carbons (Fsp3) is 0.565. The van der Waals surface area contributed by atoms with Crippen molar-refractivity contribution in [3.8, 4) is 11.8 Å². The quantitative estimate of drug-likeness (QED) is 0.377. The SMILES string of the molecule is CCC#CCC(C)C(O)C=CC1CCC(=O)N1CCCc1ccc(C(=O)OC)s1. The summed E-state index contributed by atoms with van der Waals surface area (Å²) in [6.07, 6.45) is 7.72. The van der Waals surface area contributed by atoms with Gasteiger partial charge in [0.05, 0.1) is 19.3 Å². The van der Waals surface area contributed by atoms with E-state index in [1.54, 1.807) is 6.07 Å². The molecule has 1 aliphatic heterocycles. The van der Waals surface area contributed by atoms with Gasteiger partial charge in [-0.15, -0.1) is 23.2 Å². The van der Waals surface area contributed by atoms with Crippen molar-refractivity contribution in [3.63, 3.8) is 0 Å². The molecule has 29 heavy (non-hydrogen) atoms. The van der Waals surface area contributed by atoms with Crippen LogP contribution in [0.15, 0.2) is 24.3 Å². The number of carbonyl (C=O) groups excluding carboxylic acids is 2. The van der Waals surface area contributed by atoms with Gasteiger partial charge in [-0.25, -0.2) is 4.79 Å². The van der Waals surface area contributed by atoms with E-state index in [9.17, 15) is 14.7 Å². The van der Waals surface area contributed by atoms with E-state index in [2.05, 4.69) is 11.8 Å². The van der Waals surface area contributed by atoms with Crippen LogP contribution in [0.25, 0.3) is 0 Å². The van der Waals surface area contributed by atoms with Crippen molar-refractivity contribution in [2.75, 3.05) is 13.7 Å². The molecule has 0 aromatic carbocycles. The molecule has 6 heteroatoms. The molecule has 1 fully saturated rings. The van der Waals surface area contributed by atoms with Gasteiger partial charge >= 0.3 is 5.97 Å². The lowest BCUT2D eigenvalue weighted by molar-refractivity contribution is -0.128. The number of hydrogen-bond donors (Lipinski definition) is 1. The number of carbonyl (C=O) groups is 2. The summed E-state index contributed by atoms with van der Waals surface area (Å²) >= 11 is 1.44. The molecule has 0 radical (unpaired) electrons. The van der Waals surface area contributed by atoms with Gasteiger partial charge in [0, 0.05) is 30.7 Å². The molecular weight excluding hydrogens is 386 g/mol. The lowest BCUT2D eigenvalue weighted by Gasteiger charge is -2.23. The van der Waals surface area contributed by atoms with Gasteiger partial charge in [-0.2, -0.15) is 0 Å². The molecule has 3 atom stereocenters. The van der Waals surface area contributed by atoms with Gasteiger partial charge in [-0.1, -0.05) is 26.0 Å². The smallest absolute Gasteiger partial charge is 0.348 e. The van der Waals surface area contributed by atoms with Gasteiger partial charge in [0.1, 0.15) is 4.88 Å². The Morgan fingerprint density at radius 2 is 2.24 bits per heavy atom. The Balaban J connectivity index is 1.85. The monoisotopic (exact) mass is 417 g/mol. The van der Waals surface area contributed by atoms with E-state index in [1.165, 1.54) is 18.4 Å². The van der Waals surface area contributed by atoms with Crippen molar-refractivity contribution >= 4 is 23.2 Å². The van der Waals surface area contributed by atoms with Crippen LogP contribution in [0.4, 0.5) is 0 Å². The van der Waals surface area contributed by atoms with E-state index in [-0.39, 0.29) is 23.8 Å². The molecule has 2 rings (SSSR count). The number of hydrogen-bond acceptors (Lipinski definition) is 5. The first-order valence-electron chi connectivity index (χ1n) is 10.2. The Bertz CT molecular complexity index is 773. The second-order valence-electron chi connectivity index (χ2n) is 7.32. The minimum absolute atomic E-state index is 0.0417. The number of aliphatic hydroxyl groups excluding tert-OH is 1. The second kappa shape index (κ2) is 11.8. The van der Waals surface area contributed by atoms with Crippen molar-refractivity contribution in [3.05, 3.63) is 34.0 Å². The fourth-order valence-corrected chi connectivity index (χ4v) is 4.27. The molecule has 0 spiro atoms. The highest BCUT2D eigenvalue weighted by Crippen LogP contribution is 2.23. The van der Waals surface area contributed by atoms with Crippen LogP contribution in [0.2, 0.25) is 0 Å². The van der Waals surface area contributed by atoms with E-state index >= 15 is 0 Å². The van der Waals surface area contributed by atoms with Crippen LogP contribution in [0, 0.1) is 17.8 Å². The highest BCUT2D eigenvalue weighted by molar-refractivity contribution is 7.13. The minimum Gasteiger partial charge on any atom is -0.465 e. The molecule has 1 aliphatic rings. The van der Waals surface area contributed by atoms with E-state index < -0.39 is 6.10 Å². The normalized spacial score (nSPS) is 18.6. The molecule has 1 saturated heterocycles. The summed E-state index contributed by atoms with van der Waals surface area (Å²) in [5.74, 6) is 6.03. The summed E-state index contributed by atoms with van der Waals surface area (Å²) in [6, 6.07) is 3.77. The number of thiophene rings is 1. The molecule has 5 nitrogen and oxygen atoms in total. The van der Waals surface area contributed by atoms with Gasteiger partial charge in [0.25, 0.3) is 0 Å². The number of aryl methyl sites for hydroxylation is 1. The maximum atomic E-state index is 12.3. The molecule has 158 valence electrons. The molecule has 1 amide bonds. The van der Waals surface area contributed by atoms with Gasteiger partial charge in [-0.3, -0.25) is 4.79 Å². The Morgan fingerprint density at radius 1 is 1.45 bits per heavy atom. The number of aliphatic hydroxyl groups is 1. The van der Waals surface area contributed by atoms with Gasteiger partial charge in [0.2, 0.25) is 5.91 Å². The number of methoxy groups -OCH3 is 1. The summed E-state index contributed by atoms with van der Waals surface area (Å²) in [6.45, 7) is 4.67. The average molecular weight is 418 g/mol. The van der Waals surface area contributed by atoms with Crippen LogP contribution in [-0.2, 0) is 16.0 Å². The van der Waals surface area contributed by atoms with Crippen LogP contribution in [0.5, 0.6) is 0 Å². The standard InChI is InChI=1S/C23H31NO4S/c1-4-5-6-8-17(2)20(25)13-10-18-11-15-22(26)24(18)16-7-9-19-12-14-21(29-19)23(27)28-3/h10,12-14,17-18,20,25H,4,7-9,11,15-16H2,1-3H3. The molecule has 1 aromatic rings. The van der Waals surface area contributed by atoms with Crippen LogP contribution in [-0.4, -0.2) is 47.7 Å². The zero-order valence-electron chi connectivity index (χ0n) is 17.5. The third kappa shape index (κ3) is 7.02. The topological polar surface area (TPSA) is 66.8 Å². The van der Waals surface area contributed by atoms with Crippen molar-refractivity contribution in [2.24, 2.45) is 5.92 Å². The molecule has 1 N–H and O–H groups in total. The van der Waals surface area contributed by atoms with Crippen LogP contribution >= 0.6 is 11.3 Å². The molecule has 2 heterocycles. The number of esters is 1. The maximum Gasteiger partial charge on any atom is 0.348 e. The van der Waals surface area contributed by atoms with Gasteiger partial charge < -0.3 is 14.7 Å². The van der Waals surface area contributed by atoms with Crippen molar-refractivity contribution in [1.29, 1.82) is 0 Å². The summed E-state index contributed by atoms with van der Waals surface area (Å²) in [5.41, 5.74) is 0. The third-order valence-electron chi connectivity index (χ3n) is 5.08. The van der Waals surface area contributed by atoms with E-state index in [4.69, 9.17) is 4.74 Å². The first kappa shape index (κ1) is 23.2. The summed E-state index contributed by atoms with van der Waals surface area (Å²) in [7, 11) is 1.38. The molecule has 0 aliphatic carbocycles. The van der Waals surface area contributed by atoms with Crippen molar-refractivity contribution in [1.82, 2.24) is 4.90 Å². The molecule has 0 bridgehead atoms. The predicted molar refractivity (Wildman–Crippen MR) is 116 cm³/mol. The number of likely N-dealkylation sites (tertiary alicyclic amines) is 1. The maximum absolute atomic E-state index is 12.3. The number of nitrogens with zero attached hydrogens (tertiary/aromatic N) is 1. The Morgan fingerprint density at radius 3 is 2.97 bits per heavy atom. The highest BCUT2D eigenvalue weighted by atomic mass is 32.1. The van der Waals surface area contributed by atoms with Crippen LogP contribution in [0.3, 0.4) is 0 Å². The minimum atomic E-state index is -0.554. The predicted octanol–water partition coefficient (Wildman–Crippen LogP) is 3.82. The van der Waals surface area contributed by atoms with Crippen LogP contribution < -0.4 is 0 Å². The number of rotatable bonds is 9. The van der Waals surface area contributed by atoms with Crippen LogP contribution in [0.1, 0.15) is 60.5 Å². The first-order chi connectivity index (χ1) is 14.0. The van der Waals surface area contributed by atoms with E-state index in [0.29, 0.717) is 24.3 Å². The lowest BCUT2D eigenvalue weighted by Crippen LogP contribution is -2.33. The number of ether oxygens (including phenoxy) is 1. The zero-order valence-corrected chi connectivity index (χ0v) is 18.3. The molecular formula is C23H31NO4S. The molecule has 0 saturated carbocycles. The number of amides is 1. The zero-order chi connectivity index (χ0) is 21.2. The molecule has 1 aromatic heterocycles. The fourth-order valence-electron chi connectivity index (χ4n) is 3.30. The molecule has 3 unspecified atom stereocenters. The highest BCUT2D eigenvalue weighted by Gasteiger charge is 2.28. The summed E-state index contributed by atoms with van der Waals surface area (Å²) in [5, 5.41) is 10.3. The Kier molecular flexibility index (Phi) is 9.43. The Labute approximate surface area is 177 Å². The summed E-state index contributed by atoms with van der Waals surface area (Å²) < 4.78 is 4.74. The van der Waals surface area contributed by atoms with Gasteiger partial charge in [0.15, 0.2) is 0 Å². The first-order valence-corrected chi connectivity index (χ1v) is 11.1. The van der Waals surface area contributed by atoms with E-state index in [0.717, 1.165) is 30.6 Å². The lowest BCUT2D eigenvalue weighted by atomic mass is 10.00. The van der Waals surface area contributed by atoms with E-state index in [1.807, 2.05) is 37.0 Å². The summed E-state index contributed by atoms with van der Waals surface area (Å²) in [4.78, 5) is 27.4. The third-order valence-corrected chi connectivity index (χ3v) is 6.21. The largest absolute Gasteiger partial charge is 0.465 e. The van der Waals surface area contributed by atoms with Crippen molar-refractivity contribution < 1.29 is 19.4 Å².